The van der Waals surface area contributed by atoms with Gasteiger partial charge in [-0.25, -0.2) is 0 Å². The number of rotatable bonds is 3. The first kappa shape index (κ1) is 8.06. The first-order valence-corrected chi connectivity index (χ1v) is 4.34. The molecule has 1 aliphatic heterocycles. The van der Waals surface area contributed by atoms with Crippen LogP contribution in [0, 0.1) is 5.41 Å². The van der Waals surface area contributed by atoms with Crippen molar-refractivity contribution in [2.24, 2.45) is 5.41 Å². The standard InChI is InChI=1S/C9H18O/c1-4-9(3,5-2)8-6-7-10-8/h8H,4-7H2,1-3H3. The molecule has 1 heteroatoms. The Morgan fingerprint density at radius 1 is 1.40 bits per heavy atom. The van der Waals surface area contributed by atoms with E-state index in [1.165, 1.54) is 19.3 Å². The zero-order chi connectivity index (χ0) is 7.61. The quantitative estimate of drug-likeness (QED) is 0.588. The van der Waals surface area contributed by atoms with Crippen LogP contribution in [0.2, 0.25) is 0 Å². The van der Waals surface area contributed by atoms with Crippen molar-refractivity contribution in [1.29, 1.82) is 0 Å². The van der Waals surface area contributed by atoms with Crippen LogP contribution in [0.1, 0.15) is 40.0 Å². The average molecular weight is 142 g/mol. The first-order valence-electron chi connectivity index (χ1n) is 4.34. The van der Waals surface area contributed by atoms with E-state index in [4.69, 9.17) is 4.74 Å². The summed E-state index contributed by atoms with van der Waals surface area (Å²) in [6.07, 6.45) is 4.32. The first-order chi connectivity index (χ1) is 4.73. The molecule has 10 heavy (non-hydrogen) atoms. The maximum absolute atomic E-state index is 5.48. The molecule has 1 aliphatic rings. The molecule has 60 valence electrons. The van der Waals surface area contributed by atoms with Gasteiger partial charge in [-0.3, -0.25) is 0 Å². The normalized spacial score (nSPS) is 26.1. The molecule has 0 amide bonds. The van der Waals surface area contributed by atoms with E-state index in [2.05, 4.69) is 20.8 Å². The van der Waals surface area contributed by atoms with Crippen LogP contribution >= 0.6 is 0 Å². The summed E-state index contributed by atoms with van der Waals surface area (Å²) < 4.78 is 5.48. The summed E-state index contributed by atoms with van der Waals surface area (Å²) in [5.74, 6) is 0. The van der Waals surface area contributed by atoms with E-state index in [1.54, 1.807) is 0 Å². The second-order valence-electron chi connectivity index (χ2n) is 3.51. The van der Waals surface area contributed by atoms with Gasteiger partial charge in [0.25, 0.3) is 0 Å². The Kier molecular flexibility index (Phi) is 2.35. The predicted octanol–water partition coefficient (Wildman–Crippen LogP) is 2.60. The van der Waals surface area contributed by atoms with Crippen molar-refractivity contribution in [3.63, 3.8) is 0 Å². The van der Waals surface area contributed by atoms with Crippen molar-refractivity contribution >= 4 is 0 Å². The minimum Gasteiger partial charge on any atom is -0.377 e. The SMILES string of the molecule is CCC(C)(CC)C1CCO1. The molecule has 1 atom stereocenters. The average Bonchev–Trinajstić information content (AvgIpc) is 1.84. The fourth-order valence-corrected chi connectivity index (χ4v) is 1.49. The molecule has 0 bridgehead atoms. The fourth-order valence-electron chi connectivity index (χ4n) is 1.49. The predicted molar refractivity (Wildman–Crippen MR) is 43.0 cm³/mol. The van der Waals surface area contributed by atoms with Gasteiger partial charge in [-0.1, -0.05) is 20.8 Å². The summed E-state index contributed by atoms with van der Waals surface area (Å²) in [7, 11) is 0. The molecule has 1 saturated heterocycles. The van der Waals surface area contributed by atoms with E-state index < -0.39 is 0 Å². The van der Waals surface area contributed by atoms with Gasteiger partial charge >= 0.3 is 0 Å². The van der Waals surface area contributed by atoms with Crippen LogP contribution in [0.5, 0.6) is 0 Å². The summed E-state index contributed by atoms with van der Waals surface area (Å²) in [5, 5.41) is 0. The van der Waals surface area contributed by atoms with E-state index >= 15 is 0 Å². The number of ether oxygens (including phenoxy) is 1. The van der Waals surface area contributed by atoms with Crippen LogP contribution in [-0.4, -0.2) is 12.7 Å². The summed E-state index contributed by atoms with van der Waals surface area (Å²) >= 11 is 0. The van der Waals surface area contributed by atoms with Crippen LogP contribution in [0.15, 0.2) is 0 Å². The number of hydrogen-bond donors (Lipinski definition) is 0. The molecule has 0 N–H and O–H groups in total. The Morgan fingerprint density at radius 3 is 2.00 bits per heavy atom. The summed E-state index contributed by atoms with van der Waals surface area (Å²) in [4.78, 5) is 0. The third-order valence-electron chi connectivity index (χ3n) is 3.09. The lowest BCUT2D eigenvalue weighted by Crippen LogP contribution is -2.41. The van der Waals surface area contributed by atoms with Gasteiger partial charge in [0.2, 0.25) is 0 Å². The molecule has 0 saturated carbocycles. The van der Waals surface area contributed by atoms with E-state index in [0.29, 0.717) is 11.5 Å². The molecule has 0 radical (unpaired) electrons. The minimum atomic E-state index is 0.457. The topological polar surface area (TPSA) is 9.23 Å². The van der Waals surface area contributed by atoms with Crippen molar-refractivity contribution in [2.75, 3.05) is 6.61 Å². The van der Waals surface area contributed by atoms with Crippen LogP contribution in [0.25, 0.3) is 0 Å². The highest BCUT2D eigenvalue weighted by Crippen LogP contribution is 2.37. The second-order valence-corrected chi connectivity index (χ2v) is 3.51. The highest BCUT2D eigenvalue weighted by molar-refractivity contribution is 4.85. The third kappa shape index (κ3) is 1.20. The van der Waals surface area contributed by atoms with Gasteiger partial charge in [0.1, 0.15) is 0 Å². The van der Waals surface area contributed by atoms with Crippen LogP contribution < -0.4 is 0 Å². The Hall–Kier alpha value is -0.0400. The van der Waals surface area contributed by atoms with E-state index in [9.17, 15) is 0 Å². The lowest BCUT2D eigenvalue weighted by Gasteiger charge is -2.41. The fraction of sp³-hybridized carbons (Fsp3) is 1.00. The third-order valence-corrected chi connectivity index (χ3v) is 3.09. The zero-order valence-corrected chi connectivity index (χ0v) is 7.31. The van der Waals surface area contributed by atoms with Crippen LogP contribution in [0.3, 0.4) is 0 Å². The van der Waals surface area contributed by atoms with E-state index in [0.717, 1.165) is 6.61 Å². The van der Waals surface area contributed by atoms with Crippen molar-refractivity contribution in [3.8, 4) is 0 Å². The summed E-state index contributed by atoms with van der Waals surface area (Å²) in [5.41, 5.74) is 0.457. The van der Waals surface area contributed by atoms with Crippen molar-refractivity contribution < 1.29 is 4.74 Å². The summed E-state index contributed by atoms with van der Waals surface area (Å²) in [6.45, 7) is 7.83. The van der Waals surface area contributed by atoms with Gasteiger partial charge in [0.05, 0.1) is 6.10 Å². The molecule has 1 rings (SSSR count). The lowest BCUT2D eigenvalue weighted by atomic mass is 9.76. The monoisotopic (exact) mass is 142 g/mol. The summed E-state index contributed by atoms with van der Waals surface area (Å²) in [6, 6.07) is 0. The minimum absolute atomic E-state index is 0.457. The highest BCUT2D eigenvalue weighted by atomic mass is 16.5. The van der Waals surface area contributed by atoms with Crippen molar-refractivity contribution in [3.05, 3.63) is 0 Å². The molecule has 0 spiro atoms. The highest BCUT2D eigenvalue weighted by Gasteiger charge is 2.35. The molecule has 0 aromatic rings. The molecule has 1 unspecified atom stereocenters. The maximum atomic E-state index is 5.48. The van der Waals surface area contributed by atoms with Gasteiger partial charge < -0.3 is 4.74 Å². The second kappa shape index (κ2) is 2.91. The lowest BCUT2D eigenvalue weighted by molar-refractivity contribution is -0.124. The molecular formula is C9H18O. The Balaban J connectivity index is 2.44. The van der Waals surface area contributed by atoms with Crippen molar-refractivity contribution in [2.45, 2.75) is 46.1 Å². The zero-order valence-electron chi connectivity index (χ0n) is 7.31. The van der Waals surface area contributed by atoms with Gasteiger partial charge in [-0.2, -0.15) is 0 Å². The smallest absolute Gasteiger partial charge is 0.0650 e. The molecule has 1 nitrogen and oxygen atoms in total. The molecule has 0 aromatic heterocycles. The van der Waals surface area contributed by atoms with Gasteiger partial charge in [0, 0.05) is 6.61 Å². The van der Waals surface area contributed by atoms with Gasteiger partial charge in [-0.15, -0.1) is 0 Å². The molecule has 1 fully saturated rings. The van der Waals surface area contributed by atoms with Crippen LogP contribution in [-0.2, 0) is 4.74 Å². The van der Waals surface area contributed by atoms with Gasteiger partial charge in [0.15, 0.2) is 0 Å². The molecule has 0 aromatic carbocycles. The van der Waals surface area contributed by atoms with E-state index in [1.807, 2.05) is 0 Å². The molecule has 0 aliphatic carbocycles. The Labute approximate surface area is 63.8 Å². The van der Waals surface area contributed by atoms with Crippen molar-refractivity contribution in [1.82, 2.24) is 0 Å². The van der Waals surface area contributed by atoms with Crippen LogP contribution in [0.4, 0.5) is 0 Å². The maximum Gasteiger partial charge on any atom is 0.0650 e. The largest absolute Gasteiger partial charge is 0.377 e. The Bertz CT molecular complexity index is 101. The number of hydrogen-bond acceptors (Lipinski definition) is 1. The van der Waals surface area contributed by atoms with E-state index in [-0.39, 0.29) is 0 Å². The molecular weight excluding hydrogens is 124 g/mol. The Morgan fingerprint density at radius 2 is 1.90 bits per heavy atom. The molecule has 1 heterocycles. The van der Waals surface area contributed by atoms with Gasteiger partial charge in [-0.05, 0) is 24.7 Å².